The minimum absolute atomic E-state index is 0.0407. The van der Waals surface area contributed by atoms with E-state index in [1.165, 1.54) is 0 Å². The Morgan fingerprint density at radius 2 is 2.27 bits per heavy atom. The Bertz CT molecular complexity index is 364. The monoisotopic (exact) mass is 227 g/mol. The predicted octanol–water partition coefficient (Wildman–Crippen LogP) is 1.18. The van der Waals surface area contributed by atoms with Gasteiger partial charge in [-0.05, 0) is 25.0 Å². The maximum absolute atomic E-state index is 10.7. The van der Waals surface area contributed by atoms with Crippen LogP contribution in [-0.4, -0.2) is 33.9 Å². The molecule has 0 saturated heterocycles. The Kier molecular flexibility index (Phi) is 2.73. The number of nitrogens with zero attached hydrogens (tertiary/aromatic N) is 3. The summed E-state index contributed by atoms with van der Waals surface area (Å²) in [6, 6.07) is 3.59. The third-order valence-corrected chi connectivity index (χ3v) is 2.41. The summed E-state index contributed by atoms with van der Waals surface area (Å²) in [6.07, 6.45) is 2.02. The summed E-state index contributed by atoms with van der Waals surface area (Å²) >= 11 is 5.61. The van der Waals surface area contributed by atoms with Crippen molar-refractivity contribution in [2.45, 2.75) is 18.9 Å². The first kappa shape index (κ1) is 10.2. The highest BCUT2D eigenvalue weighted by Crippen LogP contribution is 2.30. The fourth-order valence-electron chi connectivity index (χ4n) is 1.39. The molecule has 1 fully saturated rings. The zero-order chi connectivity index (χ0) is 10.8. The molecule has 6 heteroatoms. The Morgan fingerprint density at radius 1 is 1.53 bits per heavy atom. The van der Waals surface area contributed by atoms with Gasteiger partial charge in [0.2, 0.25) is 0 Å². The molecule has 0 aromatic carbocycles. The van der Waals surface area contributed by atoms with Gasteiger partial charge in [0.25, 0.3) is 0 Å². The zero-order valence-electron chi connectivity index (χ0n) is 7.93. The van der Waals surface area contributed by atoms with E-state index in [4.69, 9.17) is 16.7 Å². The summed E-state index contributed by atoms with van der Waals surface area (Å²) in [5.74, 6) is -0.289. The molecule has 0 unspecified atom stereocenters. The van der Waals surface area contributed by atoms with Crippen LogP contribution in [0.2, 0.25) is 5.15 Å². The molecule has 0 atom stereocenters. The van der Waals surface area contributed by atoms with Crippen LogP contribution in [0.15, 0.2) is 12.1 Å². The molecule has 0 bridgehead atoms. The molecule has 15 heavy (non-hydrogen) atoms. The van der Waals surface area contributed by atoms with E-state index in [2.05, 4.69) is 10.2 Å². The van der Waals surface area contributed by atoms with Gasteiger partial charge in [0, 0.05) is 6.04 Å². The molecule has 0 aliphatic heterocycles. The maximum atomic E-state index is 10.7. The van der Waals surface area contributed by atoms with E-state index < -0.39 is 5.97 Å². The Balaban J connectivity index is 2.16. The topological polar surface area (TPSA) is 66.3 Å². The summed E-state index contributed by atoms with van der Waals surface area (Å²) in [7, 11) is 0. The number of anilines is 1. The van der Waals surface area contributed by atoms with E-state index >= 15 is 0 Å². The number of halogens is 1. The molecule has 5 nitrogen and oxygen atoms in total. The van der Waals surface area contributed by atoms with Gasteiger partial charge in [-0.3, -0.25) is 4.79 Å². The van der Waals surface area contributed by atoms with Crippen LogP contribution in [0.5, 0.6) is 0 Å². The first-order valence-corrected chi connectivity index (χ1v) is 5.02. The average Bonchev–Trinajstić information content (AvgIpc) is 2.99. The number of aliphatic carboxylic acids is 1. The molecule has 1 aliphatic rings. The Morgan fingerprint density at radius 3 is 2.73 bits per heavy atom. The van der Waals surface area contributed by atoms with Crippen LogP contribution in [0, 0.1) is 0 Å². The van der Waals surface area contributed by atoms with Gasteiger partial charge in [-0.1, -0.05) is 11.6 Å². The summed E-state index contributed by atoms with van der Waals surface area (Å²) in [5.41, 5.74) is 0. The highest BCUT2D eigenvalue weighted by atomic mass is 35.5. The third kappa shape index (κ3) is 2.56. The second kappa shape index (κ2) is 4.02. The van der Waals surface area contributed by atoms with Gasteiger partial charge in [-0.25, -0.2) is 0 Å². The lowest BCUT2D eigenvalue weighted by Crippen LogP contribution is -2.32. The van der Waals surface area contributed by atoms with Crippen LogP contribution < -0.4 is 4.90 Å². The van der Waals surface area contributed by atoms with Crippen molar-refractivity contribution in [1.82, 2.24) is 10.2 Å². The number of carbonyl (C=O) groups is 1. The van der Waals surface area contributed by atoms with E-state index in [0.29, 0.717) is 11.0 Å². The maximum Gasteiger partial charge on any atom is 0.323 e. The standard InChI is InChI=1S/C9H10ClN3O2/c10-7-3-4-8(12-11-7)13(5-9(14)15)6-1-2-6/h3-4,6H,1-2,5H2,(H,14,15). The van der Waals surface area contributed by atoms with Crippen molar-refractivity contribution in [3.63, 3.8) is 0 Å². The van der Waals surface area contributed by atoms with Crippen LogP contribution in [0.25, 0.3) is 0 Å². The van der Waals surface area contributed by atoms with E-state index in [1.54, 1.807) is 17.0 Å². The smallest absolute Gasteiger partial charge is 0.323 e. The van der Waals surface area contributed by atoms with E-state index in [1.807, 2.05) is 0 Å². The molecule has 0 spiro atoms. The highest BCUT2D eigenvalue weighted by Gasteiger charge is 2.31. The average molecular weight is 228 g/mol. The van der Waals surface area contributed by atoms with Crippen molar-refractivity contribution in [3.8, 4) is 0 Å². The Labute approximate surface area is 91.7 Å². The first-order chi connectivity index (χ1) is 7.16. The zero-order valence-corrected chi connectivity index (χ0v) is 8.68. The molecule has 1 aromatic heterocycles. The number of hydrogen-bond donors (Lipinski definition) is 1. The minimum atomic E-state index is -0.862. The molecule has 1 N–H and O–H groups in total. The van der Waals surface area contributed by atoms with Crippen molar-refractivity contribution < 1.29 is 9.90 Å². The normalized spacial score (nSPS) is 15.0. The number of carboxylic acid groups (broad SMARTS) is 1. The lowest BCUT2D eigenvalue weighted by Gasteiger charge is -2.20. The number of aromatic nitrogens is 2. The van der Waals surface area contributed by atoms with E-state index in [0.717, 1.165) is 12.8 Å². The number of hydrogen-bond acceptors (Lipinski definition) is 4. The first-order valence-electron chi connectivity index (χ1n) is 4.64. The van der Waals surface area contributed by atoms with Gasteiger partial charge in [0.15, 0.2) is 11.0 Å². The molecule has 1 aromatic rings. The SMILES string of the molecule is O=C(O)CN(c1ccc(Cl)nn1)C1CC1. The van der Waals surface area contributed by atoms with E-state index in [-0.39, 0.29) is 12.6 Å². The second-order valence-corrected chi connectivity index (χ2v) is 3.85. The summed E-state index contributed by atoms with van der Waals surface area (Å²) in [4.78, 5) is 12.4. The van der Waals surface area contributed by atoms with Crippen LogP contribution >= 0.6 is 11.6 Å². The number of rotatable bonds is 4. The summed E-state index contributed by atoms with van der Waals surface area (Å²) in [6.45, 7) is -0.0407. The molecule has 80 valence electrons. The second-order valence-electron chi connectivity index (χ2n) is 3.47. The molecule has 2 rings (SSSR count). The van der Waals surface area contributed by atoms with Gasteiger partial charge in [-0.2, -0.15) is 0 Å². The van der Waals surface area contributed by atoms with Crippen LogP contribution in [-0.2, 0) is 4.79 Å². The molecule has 1 aliphatic carbocycles. The van der Waals surface area contributed by atoms with Crippen LogP contribution in [0.3, 0.4) is 0 Å². The van der Waals surface area contributed by atoms with Crippen LogP contribution in [0.4, 0.5) is 5.82 Å². The molecular weight excluding hydrogens is 218 g/mol. The van der Waals surface area contributed by atoms with E-state index in [9.17, 15) is 4.79 Å². The summed E-state index contributed by atoms with van der Waals surface area (Å²) in [5, 5.41) is 16.6. The molecule has 0 amide bonds. The number of carboxylic acids is 1. The fraction of sp³-hybridized carbons (Fsp3) is 0.444. The largest absolute Gasteiger partial charge is 0.480 e. The highest BCUT2D eigenvalue weighted by molar-refractivity contribution is 6.29. The van der Waals surface area contributed by atoms with Crippen LogP contribution in [0.1, 0.15) is 12.8 Å². The minimum Gasteiger partial charge on any atom is -0.480 e. The van der Waals surface area contributed by atoms with Crippen molar-refractivity contribution in [3.05, 3.63) is 17.3 Å². The van der Waals surface area contributed by atoms with Gasteiger partial charge in [0.05, 0.1) is 0 Å². The quantitative estimate of drug-likeness (QED) is 0.837. The molecule has 1 heterocycles. The molecule has 1 saturated carbocycles. The van der Waals surface area contributed by atoms with Crippen molar-refractivity contribution in [2.75, 3.05) is 11.4 Å². The predicted molar refractivity (Wildman–Crippen MR) is 55.0 cm³/mol. The van der Waals surface area contributed by atoms with Crippen molar-refractivity contribution in [1.29, 1.82) is 0 Å². The van der Waals surface area contributed by atoms with Gasteiger partial charge < -0.3 is 10.0 Å². The van der Waals surface area contributed by atoms with Gasteiger partial charge in [0.1, 0.15) is 6.54 Å². The van der Waals surface area contributed by atoms with Crippen molar-refractivity contribution in [2.24, 2.45) is 0 Å². The lowest BCUT2D eigenvalue weighted by molar-refractivity contribution is -0.135. The Hall–Kier alpha value is -1.36. The van der Waals surface area contributed by atoms with Crippen molar-refractivity contribution >= 4 is 23.4 Å². The molecular formula is C9H10ClN3O2. The lowest BCUT2D eigenvalue weighted by atomic mass is 10.4. The molecule has 0 radical (unpaired) electrons. The summed E-state index contributed by atoms with van der Waals surface area (Å²) < 4.78 is 0. The van der Waals surface area contributed by atoms with Gasteiger partial charge in [-0.15, -0.1) is 10.2 Å². The third-order valence-electron chi connectivity index (χ3n) is 2.21. The fourth-order valence-corrected chi connectivity index (χ4v) is 1.49. The van der Waals surface area contributed by atoms with Gasteiger partial charge >= 0.3 is 5.97 Å².